The summed E-state index contributed by atoms with van der Waals surface area (Å²) in [6.07, 6.45) is 3.48. The number of hydrogen-bond donors (Lipinski definition) is 1. The summed E-state index contributed by atoms with van der Waals surface area (Å²) in [7, 11) is 0. The Bertz CT molecular complexity index is 335. The van der Waals surface area contributed by atoms with Gasteiger partial charge in [0, 0.05) is 36.8 Å². The van der Waals surface area contributed by atoms with Gasteiger partial charge in [-0.2, -0.15) is 0 Å². The van der Waals surface area contributed by atoms with E-state index in [1.54, 1.807) is 0 Å². The van der Waals surface area contributed by atoms with Gasteiger partial charge in [-0.25, -0.2) is 0 Å². The summed E-state index contributed by atoms with van der Waals surface area (Å²) in [5, 5.41) is 3.38. The number of aromatic nitrogens is 1. The summed E-state index contributed by atoms with van der Waals surface area (Å²) in [4.78, 5) is 4.82. The first kappa shape index (κ1) is 13.7. The molecule has 0 aromatic carbocycles. The molecule has 1 N–H and O–H groups in total. The van der Waals surface area contributed by atoms with E-state index in [1.807, 2.05) is 0 Å². The largest absolute Gasteiger partial charge is 0.312 e. The van der Waals surface area contributed by atoms with Crippen LogP contribution in [0, 0.1) is 0 Å². The van der Waals surface area contributed by atoms with Gasteiger partial charge in [0.15, 0.2) is 0 Å². The van der Waals surface area contributed by atoms with Crippen molar-refractivity contribution in [3.63, 3.8) is 0 Å². The monoisotopic (exact) mass is 284 g/mol. The molecule has 1 aliphatic heterocycles. The average Bonchev–Trinajstić information content (AvgIpc) is 2.30. The first-order valence-corrected chi connectivity index (χ1v) is 6.04. The summed E-state index contributed by atoms with van der Waals surface area (Å²) in [6, 6.07) is 4.46. The maximum absolute atomic E-state index is 4.82. The molecular weight excluding hydrogens is 264 g/mol. The second-order valence-electron chi connectivity index (χ2n) is 4.28. The molecule has 1 aromatic rings. The first-order chi connectivity index (χ1) is 7.35. The Hall–Kier alpha value is -0.410. The lowest BCUT2D eigenvalue weighted by Crippen LogP contribution is -2.25. The van der Waals surface area contributed by atoms with Gasteiger partial charge in [0.2, 0.25) is 0 Å². The van der Waals surface area contributed by atoms with E-state index in [1.165, 1.54) is 29.8 Å². The van der Waals surface area contributed by atoms with Crippen LogP contribution in [0.5, 0.6) is 0 Å². The van der Waals surface area contributed by atoms with Gasteiger partial charge >= 0.3 is 0 Å². The number of halogens is 1. The molecule has 0 saturated carbocycles. The summed E-state index contributed by atoms with van der Waals surface area (Å²) in [6.45, 7) is 6.56. The fourth-order valence-corrected chi connectivity index (χ4v) is 2.29. The molecule has 2 nitrogen and oxygen atoms in total. The van der Waals surface area contributed by atoms with Crippen LogP contribution in [0.4, 0.5) is 0 Å². The van der Waals surface area contributed by atoms with Crippen molar-refractivity contribution < 1.29 is 0 Å². The minimum absolute atomic E-state index is 0. The Morgan fingerprint density at radius 2 is 2.06 bits per heavy atom. The molecule has 90 valence electrons. The highest BCUT2D eigenvalue weighted by Gasteiger charge is 2.13. The van der Waals surface area contributed by atoms with Crippen LogP contribution in [0.3, 0.4) is 0 Å². The van der Waals surface area contributed by atoms with Gasteiger partial charge in [-0.3, -0.25) is 4.98 Å². The molecule has 16 heavy (non-hydrogen) atoms. The van der Waals surface area contributed by atoms with E-state index < -0.39 is 0 Å². The molecule has 0 spiro atoms. The third-order valence-electron chi connectivity index (χ3n) is 3.35. The number of nitrogens with one attached hydrogen (secondary N) is 1. The predicted molar refractivity (Wildman–Crippen MR) is 73.3 cm³/mol. The molecular formula is C13H21BrN2. The van der Waals surface area contributed by atoms with Gasteiger partial charge < -0.3 is 5.32 Å². The second kappa shape index (κ2) is 6.36. The normalized spacial score (nSPS) is 14.4. The SMILES string of the molecule is Br.CCC(CC)c1ccc2c(n1)CCNC2. The van der Waals surface area contributed by atoms with Crippen LogP contribution in [-0.4, -0.2) is 11.5 Å². The quantitative estimate of drug-likeness (QED) is 0.922. The van der Waals surface area contributed by atoms with Crippen LogP contribution in [0.2, 0.25) is 0 Å². The van der Waals surface area contributed by atoms with Gasteiger partial charge in [-0.1, -0.05) is 19.9 Å². The highest BCUT2D eigenvalue weighted by Crippen LogP contribution is 2.23. The Balaban J connectivity index is 0.00000128. The van der Waals surface area contributed by atoms with Crippen molar-refractivity contribution in [2.45, 2.75) is 45.6 Å². The molecule has 1 aromatic heterocycles. The van der Waals surface area contributed by atoms with E-state index in [4.69, 9.17) is 4.98 Å². The van der Waals surface area contributed by atoms with Crippen LogP contribution < -0.4 is 5.32 Å². The highest BCUT2D eigenvalue weighted by molar-refractivity contribution is 8.93. The summed E-state index contributed by atoms with van der Waals surface area (Å²) < 4.78 is 0. The van der Waals surface area contributed by atoms with Crippen molar-refractivity contribution >= 4 is 17.0 Å². The zero-order valence-electron chi connectivity index (χ0n) is 10.1. The number of fused-ring (bicyclic) bond motifs is 1. The second-order valence-corrected chi connectivity index (χ2v) is 4.28. The summed E-state index contributed by atoms with van der Waals surface area (Å²) in [5.74, 6) is 0.644. The smallest absolute Gasteiger partial charge is 0.0464 e. The topological polar surface area (TPSA) is 24.9 Å². The maximum atomic E-state index is 4.82. The highest BCUT2D eigenvalue weighted by atomic mass is 79.9. The number of rotatable bonds is 3. The Kier molecular flexibility index (Phi) is 5.42. The van der Waals surface area contributed by atoms with E-state index in [-0.39, 0.29) is 17.0 Å². The van der Waals surface area contributed by atoms with E-state index in [0.717, 1.165) is 19.5 Å². The Morgan fingerprint density at radius 1 is 1.31 bits per heavy atom. The van der Waals surface area contributed by atoms with E-state index in [0.29, 0.717) is 5.92 Å². The van der Waals surface area contributed by atoms with Gasteiger partial charge in [0.1, 0.15) is 0 Å². The fraction of sp³-hybridized carbons (Fsp3) is 0.615. The van der Waals surface area contributed by atoms with Crippen LogP contribution in [0.25, 0.3) is 0 Å². The molecule has 1 aliphatic rings. The third kappa shape index (κ3) is 2.83. The Labute approximate surface area is 109 Å². The van der Waals surface area contributed by atoms with Gasteiger partial charge in [-0.05, 0) is 24.5 Å². The fourth-order valence-electron chi connectivity index (χ4n) is 2.29. The molecule has 0 aliphatic carbocycles. The van der Waals surface area contributed by atoms with Crippen LogP contribution >= 0.6 is 17.0 Å². The lowest BCUT2D eigenvalue weighted by atomic mass is 9.97. The molecule has 0 fully saturated rings. The molecule has 0 atom stereocenters. The van der Waals surface area contributed by atoms with Crippen molar-refractivity contribution in [3.8, 4) is 0 Å². The standard InChI is InChI=1S/C13H20N2.BrH/c1-3-10(4-2)12-6-5-11-9-14-8-7-13(11)15-12;/h5-6,10,14H,3-4,7-9H2,1-2H3;1H. The molecule has 0 amide bonds. The predicted octanol–water partition coefficient (Wildman–Crippen LogP) is 3.21. The van der Waals surface area contributed by atoms with Gasteiger partial charge in [0.05, 0.1) is 0 Å². The molecule has 3 heteroatoms. The number of hydrogen-bond acceptors (Lipinski definition) is 2. The van der Waals surface area contributed by atoms with Crippen molar-refractivity contribution in [3.05, 3.63) is 29.1 Å². The molecule has 0 saturated heterocycles. The van der Waals surface area contributed by atoms with Crippen LogP contribution in [0.1, 0.15) is 49.6 Å². The minimum Gasteiger partial charge on any atom is -0.312 e. The Morgan fingerprint density at radius 3 is 2.75 bits per heavy atom. The van der Waals surface area contributed by atoms with E-state index in [9.17, 15) is 0 Å². The lowest BCUT2D eigenvalue weighted by molar-refractivity contribution is 0.595. The zero-order chi connectivity index (χ0) is 10.7. The van der Waals surface area contributed by atoms with E-state index >= 15 is 0 Å². The van der Waals surface area contributed by atoms with Crippen molar-refractivity contribution in [2.24, 2.45) is 0 Å². The molecule has 2 rings (SSSR count). The van der Waals surface area contributed by atoms with Crippen molar-refractivity contribution in [1.29, 1.82) is 0 Å². The lowest BCUT2D eigenvalue weighted by Gasteiger charge is -2.19. The van der Waals surface area contributed by atoms with Crippen LogP contribution in [-0.2, 0) is 13.0 Å². The third-order valence-corrected chi connectivity index (χ3v) is 3.35. The number of pyridine rings is 1. The molecule has 0 bridgehead atoms. The van der Waals surface area contributed by atoms with Crippen LogP contribution in [0.15, 0.2) is 12.1 Å². The molecule has 0 radical (unpaired) electrons. The van der Waals surface area contributed by atoms with Crippen molar-refractivity contribution in [1.82, 2.24) is 10.3 Å². The first-order valence-electron chi connectivity index (χ1n) is 6.04. The number of nitrogens with zero attached hydrogens (tertiary/aromatic N) is 1. The molecule has 0 unspecified atom stereocenters. The summed E-state index contributed by atoms with van der Waals surface area (Å²) >= 11 is 0. The zero-order valence-corrected chi connectivity index (χ0v) is 11.8. The maximum Gasteiger partial charge on any atom is 0.0464 e. The van der Waals surface area contributed by atoms with Gasteiger partial charge in [-0.15, -0.1) is 17.0 Å². The van der Waals surface area contributed by atoms with E-state index in [2.05, 4.69) is 31.3 Å². The average molecular weight is 285 g/mol. The summed E-state index contributed by atoms with van der Waals surface area (Å²) in [5.41, 5.74) is 4.00. The minimum atomic E-state index is 0. The van der Waals surface area contributed by atoms with Gasteiger partial charge in [0.25, 0.3) is 0 Å². The van der Waals surface area contributed by atoms with Crippen molar-refractivity contribution in [2.75, 3.05) is 6.54 Å². The molecule has 2 heterocycles.